The topological polar surface area (TPSA) is 70.1 Å². The van der Waals surface area contributed by atoms with Crippen molar-refractivity contribution >= 4 is 16.9 Å². The highest BCUT2D eigenvalue weighted by atomic mass is 16.2. The molecule has 7 nitrogen and oxygen atoms in total. The summed E-state index contributed by atoms with van der Waals surface area (Å²) >= 11 is 0. The Balaban J connectivity index is 1.84. The summed E-state index contributed by atoms with van der Waals surface area (Å²) < 4.78 is 1.94. The average molecular weight is 354 g/mol. The van der Waals surface area contributed by atoms with Crippen LogP contribution < -0.4 is 0 Å². The van der Waals surface area contributed by atoms with Crippen LogP contribution in [0.15, 0.2) is 36.9 Å². The number of carbonyl (C=O) groups excluding carboxylic acids is 1. The van der Waals surface area contributed by atoms with Crippen LogP contribution in [0.2, 0.25) is 0 Å². The number of hydrogen-bond donors (Lipinski definition) is 1. The predicted octanol–water partition coefficient (Wildman–Crippen LogP) is 2.22. The quantitative estimate of drug-likeness (QED) is 0.706. The molecule has 1 N–H and O–H groups in total. The van der Waals surface area contributed by atoms with Crippen LogP contribution in [0, 0.1) is 6.92 Å². The van der Waals surface area contributed by atoms with Gasteiger partial charge in [-0.15, -0.1) is 0 Å². The first-order valence-electron chi connectivity index (χ1n) is 8.81. The number of amides is 1. The molecule has 138 valence electrons. The van der Waals surface area contributed by atoms with Gasteiger partial charge in [-0.2, -0.15) is 0 Å². The maximum absolute atomic E-state index is 13.3. The number of aromatic amines is 1. The van der Waals surface area contributed by atoms with Gasteiger partial charge in [0.1, 0.15) is 6.04 Å². The third-order valence-electron chi connectivity index (χ3n) is 4.66. The maximum Gasteiger partial charge on any atom is 0.245 e. The van der Waals surface area contributed by atoms with Gasteiger partial charge in [0, 0.05) is 18.8 Å². The van der Waals surface area contributed by atoms with E-state index in [1.54, 1.807) is 12.7 Å². The molecule has 26 heavy (non-hydrogen) atoms. The van der Waals surface area contributed by atoms with Crippen molar-refractivity contribution < 1.29 is 4.79 Å². The molecule has 2 aromatic heterocycles. The van der Waals surface area contributed by atoms with Gasteiger partial charge >= 0.3 is 0 Å². The molecule has 0 fully saturated rings. The summed E-state index contributed by atoms with van der Waals surface area (Å²) in [6.45, 7) is 5.85. The number of carbonyl (C=O) groups is 1. The molecule has 3 rings (SSSR count). The molecule has 0 aliphatic carbocycles. The molecular weight excluding hydrogens is 328 g/mol. The normalized spacial score (nSPS) is 12.7. The zero-order valence-electron chi connectivity index (χ0n) is 15.8. The Labute approximate surface area is 153 Å². The highest BCUT2D eigenvalue weighted by Crippen LogP contribution is 2.20. The zero-order valence-corrected chi connectivity index (χ0v) is 15.8. The van der Waals surface area contributed by atoms with Gasteiger partial charge in [-0.05, 0) is 40.1 Å². The lowest BCUT2D eigenvalue weighted by molar-refractivity contribution is -0.135. The lowest BCUT2D eigenvalue weighted by Crippen LogP contribution is -2.40. The van der Waals surface area contributed by atoms with Crippen LogP contribution in [0.25, 0.3) is 11.0 Å². The molecule has 2 heterocycles. The Bertz CT molecular complexity index is 881. The molecule has 0 saturated carbocycles. The van der Waals surface area contributed by atoms with E-state index < -0.39 is 0 Å². The Morgan fingerprint density at radius 3 is 2.69 bits per heavy atom. The standard InChI is InChI=1S/C19H26N6O/c1-14-17(21-12-20-14)11-24(10-9-23(3)4)19(26)15(2)25-13-22-16-7-5-6-8-18(16)25/h5-8,12-13,15H,9-11H2,1-4H3,(H,20,21). The molecule has 1 unspecified atom stereocenters. The molecule has 1 aromatic carbocycles. The summed E-state index contributed by atoms with van der Waals surface area (Å²) in [4.78, 5) is 29.1. The van der Waals surface area contributed by atoms with E-state index in [1.165, 1.54) is 0 Å². The minimum atomic E-state index is -0.330. The number of likely N-dealkylation sites (N-methyl/N-ethyl adjacent to an activating group) is 1. The van der Waals surface area contributed by atoms with E-state index in [0.29, 0.717) is 13.1 Å². The van der Waals surface area contributed by atoms with Crippen LogP contribution in [0.3, 0.4) is 0 Å². The van der Waals surface area contributed by atoms with Crippen molar-refractivity contribution in [1.29, 1.82) is 0 Å². The molecular formula is C19H26N6O. The van der Waals surface area contributed by atoms with E-state index in [-0.39, 0.29) is 11.9 Å². The largest absolute Gasteiger partial charge is 0.348 e. The third kappa shape index (κ3) is 3.77. The van der Waals surface area contributed by atoms with E-state index in [1.807, 2.05) is 61.7 Å². The highest BCUT2D eigenvalue weighted by Gasteiger charge is 2.24. The van der Waals surface area contributed by atoms with Crippen molar-refractivity contribution in [3.05, 3.63) is 48.3 Å². The van der Waals surface area contributed by atoms with Gasteiger partial charge in [-0.25, -0.2) is 9.97 Å². The van der Waals surface area contributed by atoms with E-state index in [0.717, 1.165) is 29.0 Å². The van der Waals surface area contributed by atoms with Crippen LogP contribution in [-0.2, 0) is 11.3 Å². The van der Waals surface area contributed by atoms with Crippen molar-refractivity contribution in [3.63, 3.8) is 0 Å². The van der Waals surface area contributed by atoms with Crippen molar-refractivity contribution in [2.45, 2.75) is 26.4 Å². The first-order valence-corrected chi connectivity index (χ1v) is 8.81. The lowest BCUT2D eigenvalue weighted by atomic mass is 10.2. The van der Waals surface area contributed by atoms with Crippen LogP contribution >= 0.6 is 0 Å². The Hall–Kier alpha value is -2.67. The Kier molecular flexibility index (Phi) is 5.37. The van der Waals surface area contributed by atoms with Gasteiger partial charge in [0.2, 0.25) is 5.91 Å². The van der Waals surface area contributed by atoms with Crippen molar-refractivity contribution in [2.75, 3.05) is 27.2 Å². The van der Waals surface area contributed by atoms with E-state index in [9.17, 15) is 4.79 Å². The van der Waals surface area contributed by atoms with Gasteiger partial charge in [0.25, 0.3) is 0 Å². The van der Waals surface area contributed by atoms with Crippen molar-refractivity contribution in [2.24, 2.45) is 0 Å². The van der Waals surface area contributed by atoms with Crippen LogP contribution in [0.1, 0.15) is 24.4 Å². The molecule has 0 saturated heterocycles. The smallest absolute Gasteiger partial charge is 0.245 e. The molecule has 0 aliphatic rings. The van der Waals surface area contributed by atoms with Gasteiger partial charge in [-0.1, -0.05) is 12.1 Å². The second-order valence-corrected chi connectivity index (χ2v) is 6.85. The van der Waals surface area contributed by atoms with Gasteiger partial charge < -0.3 is 19.4 Å². The van der Waals surface area contributed by atoms with E-state index in [2.05, 4.69) is 19.9 Å². The van der Waals surface area contributed by atoms with Gasteiger partial charge in [0.15, 0.2) is 0 Å². The second-order valence-electron chi connectivity index (χ2n) is 6.85. The third-order valence-corrected chi connectivity index (χ3v) is 4.66. The van der Waals surface area contributed by atoms with Crippen LogP contribution in [0.5, 0.6) is 0 Å². The molecule has 3 aromatic rings. The Morgan fingerprint density at radius 2 is 2.00 bits per heavy atom. The number of aromatic nitrogens is 4. The predicted molar refractivity (Wildman–Crippen MR) is 102 cm³/mol. The van der Waals surface area contributed by atoms with Crippen LogP contribution in [-0.4, -0.2) is 62.4 Å². The summed E-state index contributed by atoms with van der Waals surface area (Å²) in [6, 6.07) is 7.54. The Morgan fingerprint density at radius 1 is 1.23 bits per heavy atom. The minimum Gasteiger partial charge on any atom is -0.348 e. The molecule has 0 radical (unpaired) electrons. The summed E-state index contributed by atoms with van der Waals surface area (Å²) in [5, 5.41) is 0. The molecule has 0 bridgehead atoms. The van der Waals surface area contributed by atoms with E-state index in [4.69, 9.17) is 0 Å². The first-order chi connectivity index (χ1) is 12.5. The van der Waals surface area contributed by atoms with Crippen molar-refractivity contribution in [3.8, 4) is 0 Å². The molecule has 0 spiro atoms. The molecule has 7 heteroatoms. The SMILES string of the molecule is Cc1[nH]cnc1CN(CCN(C)C)C(=O)C(C)n1cnc2ccccc21. The number of nitrogens with zero attached hydrogens (tertiary/aromatic N) is 5. The summed E-state index contributed by atoms with van der Waals surface area (Å²) in [5.74, 6) is 0.0670. The monoisotopic (exact) mass is 354 g/mol. The average Bonchev–Trinajstić information content (AvgIpc) is 3.23. The summed E-state index contributed by atoms with van der Waals surface area (Å²) in [6.07, 6.45) is 3.42. The van der Waals surface area contributed by atoms with Crippen LogP contribution in [0.4, 0.5) is 0 Å². The van der Waals surface area contributed by atoms with Gasteiger partial charge in [0.05, 0.1) is 35.9 Å². The summed E-state index contributed by atoms with van der Waals surface area (Å²) in [7, 11) is 4.02. The minimum absolute atomic E-state index is 0.0670. The first kappa shape index (κ1) is 18.1. The molecule has 1 atom stereocenters. The molecule has 1 amide bonds. The van der Waals surface area contributed by atoms with E-state index >= 15 is 0 Å². The number of benzene rings is 1. The summed E-state index contributed by atoms with van der Waals surface area (Å²) in [5.41, 5.74) is 3.76. The number of hydrogen-bond acceptors (Lipinski definition) is 4. The maximum atomic E-state index is 13.3. The second kappa shape index (κ2) is 7.70. The fraction of sp³-hybridized carbons (Fsp3) is 0.421. The van der Waals surface area contributed by atoms with Crippen molar-refractivity contribution in [1.82, 2.24) is 29.3 Å². The molecule has 0 aliphatic heterocycles. The number of nitrogens with one attached hydrogen (secondary N) is 1. The number of aryl methyl sites for hydroxylation is 1. The lowest BCUT2D eigenvalue weighted by Gasteiger charge is -2.27. The van der Waals surface area contributed by atoms with Gasteiger partial charge in [-0.3, -0.25) is 4.79 Å². The number of fused-ring (bicyclic) bond motifs is 1. The number of H-pyrrole nitrogens is 1. The number of rotatable bonds is 7. The number of para-hydroxylation sites is 2. The zero-order chi connectivity index (χ0) is 18.7. The fourth-order valence-corrected chi connectivity index (χ4v) is 2.99. The number of imidazole rings is 2. The highest BCUT2D eigenvalue weighted by molar-refractivity contribution is 5.83. The fourth-order valence-electron chi connectivity index (χ4n) is 2.99.